The molecule has 1 unspecified atom stereocenters. The summed E-state index contributed by atoms with van der Waals surface area (Å²) in [5.74, 6) is 1.03. The first-order valence-corrected chi connectivity index (χ1v) is 18.1. The average molecular weight is 747 g/mol. The smallest absolute Gasteiger partial charge is 0.0798 e. The van der Waals surface area contributed by atoms with Gasteiger partial charge in [0.1, 0.15) is 0 Å². The van der Waals surface area contributed by atoms with Gasteiger partial charge in [-0.15, -0.1) is 71.3 Å². The third-order valence-electron chi connectivity index (χ3n) is 7.24. The van der Waals surface area contributed by atoms with Gasteiger partial charge >= 0.3 is 0 Å². The zero-order chi connectivity index (χ0) is 29.4. The molecule has 0 saturated heterocycles. The molecule has 3 aromatic carbocycles. The van der Waals surface area contributed by atoms with Gasteiger partial charge in [-0.3, -0.25) is 0 Å². The van der Waals surface area contributed by atoms with Crippen LogP contribution in [0.2, 0.25) is 19.6 Å². The van der Waals surface area contributed by atoms with E-state index in [9.17, 15) is 0 Å². The number of hydrogen-bond acceptors (Lipinski definition) is 2. The summed E-state index contributed by atoms with van der Waals surface area (Å²) in [6, 6.07) is 37.9. The zero-order valence-corrected chi connectivity index (χ0v) is 29.3. The van der Waals surface area contributed by atoms with Crippen LogP contribution >= 0.6 is 0 Å². The zero-order valence-electron chi connectivity index (χ0n) is 25.9. The minimum atomic E-state index is -1.34. The van der Waals surface area contributed by atoms with Crippen molar-refractivity contribution in [1.82, 2.24) is 9.97 Å². The Morgan fingerprint density at radius 2 is 1.43 bits per heavy atom. The van der Waals surface area contributed by atoms with Gasteiger partial charge in [-0.05, 0) is 46.1 Å². The van der Waals surface area contributed by atoms with Crippen molar-refractivity contribution >= 4 is 13.3 Å². The molecule has 1 atom stereocenters. The normalized spacial score (nSPS) is 11.7. The average Bonchev–Trinajstić information content (AvgIpc) is 2.97. The van der Waals surface area contributed by atoms with E-state index in [-0.39, 0.29) is 20.1 Å². The first kappa shape index (κ1) is 33.3. The fourth-order valence-corrected chi connectivity index (χ4v) is 6.53. The van der Waals surface area contributed by atoms with Crippen LogP contribution in [0.3, 0.4) is 0 Å². The van der Waals surface area contributed by atoms with Crippen molar-refractivity contribution in [1.29, 1.82) is 0 Å². The fourth-order valence-electron chi connectivity index (χ4n) is 4.94. The van der Waals surface area contributed by atoms with Gasteiger partial charge < -0.3 is 9.97 Å². The van der Waals surface area contributed by atoms with Crippen molar-refractivity contribution in [2.75, 3.05) is 0 Å². The Kier molecular flexibility index (Phi) is 12.2. The maximum atomic E-state index is 4.69. The van der Waals surface area contributed by atoms with Crippen molar-refractivity contribution in [3.05, 3.63) is 138 Å². The maximum Gasteiger partial charge on any atom is 0.0798 e. The molecule has 42 heavy (non-hydrogen) atoms. The Balaban J connectivity index is 0.000000225. The predicted molar refractivity (Wildman–Crippen MR) is 177 cm³/mol. The number of nitrogens with zero attached hydrogens (tertiary/aromatic N) is 2. The molecule has 2 heterocycles. The number of rotatable bonds is 7. The second kappa shape index (κ2) is 15.3. The number of benzene rings is 3. The third kappa shape index (κ3) is 9.16. The van der Waals surface area contributed by atoms with Gasteiger partial charge in [0.25, 0.3) is 0 Å². The van der Waals surface area contributed by atoms with Crippen molar-refractivity contribution in [2.24, 2.45) is 5.92 Å². The van der Waals surface area contributed by atoms with Gasteiger partial charge in [0.05, 0.1) is 8.07 Å². The van der Waals surface area contributed by atoms with Crippen molar-refractivity contribution < 1.29 is 20.1 Å². The summed E-state index contributed by atoms with van der Waals surface area (Å²) in [5.41, 5.74) is 9.44. The predicted octanol–water partition coefficient (Wildman–Crippen LogP) is 9.30. The molecule has 5 rings (SSSR count). The van der Waals surface area contributed by atoms with E-state index in [0.717, 1.165) is 28.9 Å². The van der Waals surface area contributed by atoms with Gasteiger partial charge in [-0.1, -0.05) is 95.4 Å². The topological polar surface area (TPSA) is 25.8 Å². The molecule has 219 valence electrons. The molecule has 0 spiro atoms. The Morgan fingerprint density at radius 3 is 2.05 bits per heavy atom. The molecular formula is C38H42IrN2Si-2. The molecule has 0 aliphatic carbocycles. The summed E-state index contributed by atoms with van der Waals surface area (Å²) in [7, 11) is -1.34. The molecule has 0 saturated carbocycles. The van der Waals surface area contributed by atoms with Crippen LogP contribution in [-0.4, -0.2) is 18.0 Å². The summed E-state index contributed by atoms with van der Waals surface area (Å²) in [4.78, 5) is 9.17. The second-order valence-corrected chi connectivity index (χ2v) is 17.3. The van der Waals surface area contributed by atoms with Gasteiger partial charge in [0.2, 0.25) is 0 Å². The van der Waals surface area contributed by atoms with Gasteiger partial charge in [0, 0.05) is 38.4 Å². The van der Waals surface area contributed by atoms with E-state index in [1.54, 1.807) is 0 Å². The van der Waals surface area contributed by atoms with E-state index in [0.29, 0.717) is 11.8 Å². The number of hydrogen-bond donors (Lipinski definition) is 0. The van der Waals surface area contributed by atoms with Crippen LogP contribution in [0.1, 0.15) is 48.9 Å². The van der Waals surface area contributed by atoms with Gasteiger partial charge in [-0.2, -0.15) is 0 Å². The second-order valence-electron chi connectivity index (χ2n) is 12.2. The maximum absolute atomic E-state index is 4.69. The molecule has 4 heteroatoms. The summed E-state index contributed by atoms with van der Waals surface area (Å²) < 4.78 is 0. The van der Waals surface area contributed by atoms with E-state index < -0.39 is 8.07 Å². The molecule has 1 radical (unpaired) electrons. The largest absolute Gasteiger partial charge is 0.305 e. The molecule has 0 fully saturated rings. The van der Waals surface area contributed by atoms with Crippen LogP contribution in [0, 0.1) is 25.0 Å². The molecule has 2 nitrogen and oxygen atoms in total. The van der Waals surface area contributed by atoms with E-state index >= 15 is 0 Å². The van der Waals surface area contributed by atoms with Crippen molar-refractivity contribution in [2.45, 2.75) is 59.7 Å². The minimum Gasteiger partial charge on any atom is -0.305 e. The Hall–Kier alpha value is -3.17. The van der Waals surface area contributed by atoms with Crippen LogP contribution in [-0.2, 0) is 26.5 Å². The quantitative estimate of drug-likeness (QED) is 0.123. The molecule has 0 amide bonds. The Labute approximate surface area is 268 Å². The first-order chi connectivity index (χ1) is 19.6. The standard InChI is InChI=1S/C20H18N.C18H24NSi.Ir/c1-15-8-10-18(11-9-15)20-14-19(12-13-21-20)16(2)17-6-4-3-5-7-17;1-14(2)11-16-12-17(15-9-7-6-8-10-15)19-13-18(16)20(3,4)5;/h3-10,12-14,16H,1-2H3;6-9,12-14H,11H2,1-5H3;/q2*-1;. The van der Waals surface area contributed by atoms with E-state index in [4.69, 9.17) is 0 Å². The summed E-state index contributed by atoms with van der Waals surface area (Å²) in [6.45, 7) is 16.0. The third-order valence-corrected chi connectivity index (χ3v) is 9.30. The SMILES string of the molecule is CC(C)Cc1cc(-c2[c-]cccc2)ncc1[Si](C)(C)C.Cc1c[c-]c(-c2cc(C(C)c3ccccc3)ccn2)cc1.[Ir]. The number of aromatic nitrogens is 2. The molecule has 0 N–H and O–H groups in total. The van der Waals surface area contributed by atoms with Crippen LogP contribution < -0.4 is 5.19 Å². The van der Waals surface area contributed by atoms with Gasteiger partial charge in [0.15, 0.2) is 0 Å². The minimum absolute atomic E-state index is 0. The molecule has 0 aliphatic rings. The summed E-state index contributed by atoms with van der Waals surface area (Å²) in [5, 5.41) is 1.49. The Bertz CT molecular complexity index is 1530. The first-order valence-electron chi connectivity index (χ1n) is 14.6. The Morgan fingerprint density at radius 1 is 0.738 bits per heavy atom. The number of pyridine rings is 2. The fraction of sp³-hybridized carbons (Fsp3) is 0.263. The number of aryl methyl sites for hydroxylation is 1. The molecular weight excluding hydrogens is 705 g/mol. The monoisotopic (exact) mass is 747 g/mol. The van der Waals surface area contributed by atoms with Crippen LogP contribution in [0.5, 0.6) is 0 Å². The van der Waals surface area contributed by atoms with E-state index in [1.807, 2.05) is 30.5 Å². The molecule has 5 aromatic rings. The molecule has 2 aromatic heterocycles. The van der Waals surface area contributed by atoms with Crippen LogP contribution in [0.15, 0.2) is 103 Å². The van der Waals surface area contributed by atoms with Crippen LogP contribution in [0.4, 0.5) is 0 Å². The van der Waals surface area contributed by atoms with E-state index in [2.05, 4.69) is 142 Å². The summed E-state index contributed by atoms with van der Waals surface area (Å²) in [6.07, 6.45) is 5.12. The van der Waals surface area contributed by atoms with Crippen LogP contribution in [0.25, 0.3) is 22.5 Å². The summed E-state index contributed by atoms with van der Waals surface area (Å²) >= 11 is 0. The van der Waals surface area contributed by atoms with Crippen molar-refractivity contribution in [3.8, 4) is 22.5 Å². The van der Waals surface area contributed by atoms with Crippen molar-refractivity contribution in [3.63, 3.8) is 0 Å². The van der Waals surface area contributed by atoms with E-state index in [1.165, 1.54) is 27.4 Å². The molecule has 0 aliphatic heterocycles. The van der Waals surface area contributed by atoms with Gasteiger partial charge in [-0.25, -0.2) is 0 Å². The molecule has 0 bridgehead atoms.